The minimum atomic E-state index is 0.480. The van der Waals surface area contributed by atoms with Gasteiger partial charge in [-0.05, 0) is 103 Å². The second-order valence-corrected chi connectivity index (χ2v) is 13.1. The third-order valence-electron chi connectivity index (χ3n) is 9.14. The molecule has 5 rings (SSSR count). The molecule has 0 spiro atoms. The molecule has 0 bridgehead atoms. The Labute approximate surface area is 232 Å². The summed E-state index contributed by atoms with van der Waals surface area (Å²) in [5, 5.41) is 6.08. The minimum Gasteiger partial charge on any atom is -0.381 e. The number of hydrogen-bond donors (Lipinski definition) is 0. The molecule has 198 valence electrons. The van der Waals surface area contributed by atoms with Gasteiger partial charge in [-0.25, -0.2) is 0 Å². The van der Waals surface area contributed by atoms with Crippen molar-refractivity contribution in [2.45, 2.75) is 69.9 Å². The third kappa shape index (κ3) is 6.87. The summed E-state index contributed by atoms with van der Waals surface area (Å²) >= 11 is 14.5. The molecule has 3 heterocycles. The van der Waals surface area contributed by atoms with Crippen LogP contribution in [-0.4, -0.2) is 55.7 Å². The fourth-order valence-corrected chi connectivity index (χ4v) is 8.27. The number of halogens is 2. The van der Waals surface area contributed by atoms with Crippen LogP contribution in [0.5, 0.6) is 0 Å². The SMILES string of the molecule is CO[C@@H](CC1CCN(CC2CN(Cc3ccc(Cl)cc3Cl)CC2c2ccsc2)CC1)C1CCCCC1. The van der Waals surface area contributed by atoms with Gasteiger partial charge < -0.3 is 9.64 Å². The van der Waals surface area contributed by atoms with E-state index in [9.17, 15) is 0 Å². The van der Waals surface area contributed by atoms with Gasteiger partial charge in [0.2, 0.25) is 0 Å². The van der Waals surface area contributed by atoms with Crippen LogP contribution >= 0.6 is 34.5 Å². The highest BCUT2D eigenvalue weighted by molar-refractivity contribution is 7.08. The van der Waals surface area contributed by atoms with Crippen molar-refractivity contribution in [1.29, 1.82) is 0 Å². The van der Waals surface area contributed by atoms with Gasteiger partial charge in [0.25, 0.3) is 0 Å². The van der Waals surface area contributed by atoms with E-state index in [4.69, 9.17) is 27.9 Å². The Kier molecular flexibility index (Phi) is 9.70. The summed E-state index contributed by atoms with van der Waals surface area (Å²) in [6.45, 7) is 6.81. The molecule has 36 heavy (non-hydrogen) atoms. The standard InChI is InChI=1S/C30H42Cl2N2OS/c1-35-30(23-5-3-2-4-6-23)15-22-9-12-33(13-10-22)18-26-19-34(20-28(26)25-11-14-36-21-25)17-24-7-8-27(31)16-29(24)32/h7-8,11,14,16,21-23,26,28,30H,2-6,9-10,12-13,15,17-20H2,1H3/t26?,28?,30-/m0/s1. The molecule has 1 aromatic carbocycles. The van der Waals surface area contributed by atoms with E-state index in [1.807, 2.05) is 30.6 Å². The lowest BCUT2D eigenvalue weighted by atomic mass is 9.80. The maximum Gasteiger partial charge on any atom is 0.0602 e. The third-order valence-corrected chi connectivity index (χ3v) is 10.4. The van der Waals surface area contributed by atoms with E-state index in [1.54, 1.807) is 0 Å². The summed E-state index contributed by atoms with van der Waals surface area (Å²) in [5.74, 6) is 2.89. The van der Waals surface area contributed by atoms with Gasteiger partial charge in [0.1, 0.15) is 0 Å². The molecule has 3 nitrogen and oxygen atoms in total. The molecule has 3 atom stereocenters. The fourth-order valence-electron chi connectivity index (χ4n) is 7.08. The zero-order chi connectivity index (χ0) is 24.9. The molecule has 0 radical (unpaired) electrons. The fraction of sp³-hybridized carbons (Fsp3) is 0.667. The molecule has 3 fully saturated rings. The molecular weight excluding hydrogens is 507 g/mol. The van der Waals surface area contributed by atoms with Crippen molar-refractivity contribution in [3.05, 3.63) is 56.2 Å². The van der Waals surface area contributed by atoms with Crippen LogP contribution in [0.2, 0.25) is 10.0 Å². The quantitative estimate of drug-likeness (QED) is 0.316. The summed E-state index contributed by atoms with van der Waals surface area (Å²) in [5.41, 5.74) is 2.69. The summed E-state index contributed by atoms with van der Waals surface area (Å²) in [7, 11) is 1.95. The molecule has 0 N–H and O–H groups in total. The van der Waals surface area contributed by atoms with Gasteiger partial charge in [0, 0.05) is 49.3 Å². The summed E-state index contributed by atoms with van der Waals surface area (Å²) < 4.78 is 6.02. The Bertz CT molecular complexity index is 940. The van der Waals surface area contributed by atoms with Crippen molar-refractivity contribution in [1.82, 2.24) is 9.80 Å². The average Bonchev–Trinajstić information content (AvgIpc) is 3.56. The Balaban J connectivity index is 1.16. The van der Waals surface area contributed by atoms with Gasteiger partial charge in [0.05, 0.1) is 6.10 Å². The van der Waals surface area contributed by atoms with Crippen molar-refractivity contribution in [3.8, 4) is 0 Å². The average molecular weight is 550 g/mol. The monoisotopic (exact) mass is 548 g/mol. The number of benzene rings is 1. The Morgan fingerprint density at radius 2 is 1.81 bits per heavy atom. The number of likely N-dealkylation sites (tertiary alicyclic amines) is 2. The van der Waals surface area contributed by atoms with Crippen LogP contribution in [0.25, 0.3) is 0 Å². The lowest BCUT2D eigenvalue weighted by Crippen LogP contribution is -2.40. The van der Waals surface area contributed by atoms with Crippen molar-refractivity contribution in [2.24, 2.45) is 17.8 Å². The second kappa shape index (κ2) is 13.0. The largest absolute Gasteiger partial charge is 0.381 e. The second-order valence-electron chi connectivity index (χ2n) is 11.5. The van der Waals surface area contributed by atoms with E-state index in [0.717, 1.165) is 36.5 Å². The number of methoxy groups -OCH3 is 1. The summed E-state index contributed by atoms with van der Waals surface area (Å²) in [6, 6.07) is 8.25. The Morgan fingerprint density at radius 1 is 1.00 bits per heavy atom. The Morgan fingerprint density at radius 3 is 2.50 bits per heavy atom. The molecule has 2 unspecified atom stereocenters. The van der Waals surface area contributed by atoms with E-state index in [2.05, 4.69) is 32.7 Å². The van der Waals surface area contributed by atoms with E-state index in [1.165, 1.54) is 82.1 Å². The molecule has 1 aromatic heterocycles. The molecule has 2 saturated heterocycles. The zero-order valence-electron chi connectivity index (χ0n) is 21.7. The number of piperidine rings is 1. The van der Waals surface area contributed by atoms with Crippen LogP contribution in [0.1, 0.15) is 68.4 Å². The van der Waals surface area contributed by atoms with Crippen LogP contribution < -0.4 is 0 Å². The topological polar surface area (TPSA) is 15.7 Å². The van der Waals surface area contributed by atoms with E-state index < -0.39 is 0 Å². The molecule has 0 amide bonds. The van der Waals surface area contributed by atoms with E-state index in [0.29, 0.717) is 23.0 Å². The van der Waals surface area contributed by atoms with Crippen molar-refractivity contribution in [2.75, 3.05) is 39.8 Å². The summed E-state index contributed by atoms with van der Waals surface area (Å²) in [4.78, 5) is 5.35. The number of ether oxygens (including phenoxy) is 1. The van der Waals surface area contributed by atoms with Crippen molar-refractivity contribution >= 4 is 34.5 Å². The van der Waals surface area contributed by atoms with Gasteiger partial charge in [-0.15, -0.1) is 0 Å². The highest BCUT2D eigenvalue weighted by Gasteiger charge is 2.36. The van der Waals surface area contributed by atoms with E-state index >= 15 is 0 Å². The van der Waals surface area contributed by atoms with Gasteiger partial charge in [-0.1, -0.05) is 48.5 Å². The lowest BCUT2D eigenvalue weighted by molar-refractivity contribution is 0.00954. The number of rotatable bonds is 9. The number of hydrogen-bond acceptors (Lipinski definition) is 4. The zero-order valence-corrected chi connectivity index (χ0v) is 24.0. The molecule has 1 aliphatic carbocycles. The Hall–Kier alpha value is -0.620. The van der Waals surface area contributed by atoms with Crippen LogP contribution in [0.3, 0.4) is 0 Å². The first-order valence-corrected chi connectivity index (χ1v) is 15.7. The molecular formula is C30H42Cl2N2OS. The van der Waals surface area contributed by atoms with Crippen LogP contribution in [0.15, 0.2) is 35.0 Å². The van der Waals surface area contributed by atoms with Crippen LogP contribution in [0.4, 0.5) is 0 Å². The maximum atomic E-state index is 6.52. The van der Waals surface area contributed by atoms with Crippen molar-refractivity contribution < 1.29 is 4.74 Å². The van der Waals surface area contributed by atoms with Crippen molar-refractivity contribution in [3.63, 3.8) is 0 Å². The molecule has 6 heteroatoms. The number of thiophene rings is 1. The first-order chi connectivity index (χ1) is 17.6. The predicted molar refractivity (Wildman–Crippen MR) is 153 cm³/mol. The predicted octanol–water partition coefficient (Wildman–Crippen LogP) is 7.97. The lowest BCUT2D eigenvalue weighted by Gasteiger charge is -2.37. The van der Waals surface area contributed by atoms with Gasteiger partial charge in [0.15, 0.2) is 0 Å². The molecule has 3 aliphatic rings. The highest BCUT2D eigenvalue weighted by Crippen LogP contribution is 2.37. The highest BCUT2D eigenvalue weighted by atomic mass is 35.5. The van der Waals surface area contributed by atoms with Crippen LogP contribution in [-0.2, 0) is 11.3 Å². The smallest absolute Gasteiger partial charge is 0.0602 e. The first kappa shape index (κ1) is 27.0. The first-order valence-electron chi connectivity index (χ1n) is 14.0. The van der Waals surface area contributed by atoms with Crippen LogP contribution in [0, 0.1) is 17.8 Å². The van der Waals surface area contributed by atoms with Gasteiger partial charge >= 0.3 is 0 Å². The van der Waals surface area contributed by atoms with E-state index in [-0.39, 0.29) is 0 Å². The van der Waals surface area contributed by atoms with Gasteiger partial charge in [-0.3, -0.25) is 4.90 Å². The summed E-state index contributed by atoms with van der Waals surface area (Å²) in [6.07, 6.45) is 11.4. The molecule has 2 aliphatic heterocycles. The maximum absolute atomic E-state index is 6.52. The van der Waals surface area contributed by atoms with Gasteiger partial charge in [-0.2, -0.15) is 11.3 Å². The minimum absolute atomic E-state index is 0.480. The molecule has 2 aromatic rings. The number of nitrogens with zero attached hydrogens (tertiary/aromatic N) is 2. The normalized spacial score (nSPS) is 26.0. The molecule has 1 saturated carbocycles.